The van der Waals surface area contributed by atoms with Crippen LogP contribution in [0, 0.1) is 0 Å². The maximum Gasteiger partial charge on any atom is 0.0184 e. The van der Waals surface area contributed by atoms with Gasteiger partial charge in [-0.15, -0.1) is 0 Å². The molecule has 0 amide bonds. The number of rotatable bonds is 6. The van der Waals surface area contributed by atoms with Crippen LogP contribution in [0.3, 0.4) is 0 Å². The summed E-state index contributed by atoms with van der Waals surface area (Å²) in [4.78, 5) is 4.83. The van der Waals surface area contributed by atoms with E-state index in [1.54, 1.807) is 0 Å². The number of likely N-dealkylation sites (N-methyl/N-ethyl adjacent to an activating group) is 1. The molecule has 1 aliphatic heterocycles. The molecule has 0 spiro atoms. The first-order valence-electron chi connectivity index (χ1n) is 6.32. The molecule has 0 aromatic carbocycles. The normalized spacial score (nSPS) is 27.6. The summed E-state index contributed by atoms with van der Waals surface area (Å²) >= 11 is 2.11. The van der Waals surface area contributed by atoms with Gasteiger partial charge in [-0.1, -0.05) is 6.92 Å². The summed E-state index contributed by atoms with van der Waals surface area (Å²) in [6, 6.07) is 0.731. The van der Waals surface area contributed by atoms with Gasteiger partial charge in [0, 0.05) is 49.8 Å². The van der Waals surface area contributed by atoms with Crippen LogP contribution in [0.2, 0.25) is 0 Å². The van der Waals surface area contributed by atoms with Crippen molar-refractivity contribution in [1.29, 1.82) is 0 Å². The van der Waals surface area contributed by atoms with Crippen LogP contribution in [0.4, 0.5) is 0 Å². The van der Waals surface area contributed by atoms with Gasteiger partial charge in [0.05, 0.1) is 0 Å². The Bertz CT molecular complexity index is 187. The number of nitrogens with one attached hydrogen (secondary N) is 1. The summed E-state index contributed by atoms with van der Waals surface area (Å²) in [5.41, 5.74) is 0. The summed E-state index contributed by atoms with van der Waals surface area (Å²) in [7, 11) is 4.24. The first-order chi connectivity index (χ1) is 7.61. The highest BCUT2D eigenvalue weighted by Crippen LogP contribution is 2.23. The highest BCUT2D eigenvalue weighted by molar-refractivity contribution is 8.00. The summed E-state index contributed by atoms with van der Waals surface area (Å²) in [5.74, 6) is 1.29. The molecule has 2 unspecified atom stereocenters. The molecule has 4 heteroatoms. The molecule has 0 aliphatic carbocycles. The molecular weight excluding hydrogens is 218 g/mol. The number of hydrogen-bond donors (Lipinski definition) is 1. The summed E-state index contributed by atoms with van der Waals surface area (Å²) < 4.78 is 0. The summed E-state index contributed by atoms with van der Waals surface area (Å²) in [5, 5.41) is 4.30. The molecule has 16 heavy (non-hydrogen) atoms. The van der Waals surface area contributed by atoms with Crippen molar-refractivity contribution in [3.8, 4) is 0 Å². The van der Waals surface area contributed by atoms with Crippen LogP contribution in [0.15, 0.2) is 0 Å². The van der Waals surface area contributed by atoms with Crippen LogP contribution in [0.5, 0.6) is 0 Å². The molecule has 1 N–H and O–H groups in total. The lowest BCUT2D eigenvalue weighted by Crippen LogP contribution is -2.47. The molecule has 2 atom stereocenters. The van der Waals surface area contributed by atoms with Gasteiger partial charge in [0.1, 0.15) is 0 Å². The van der Waals surface area contributed by atoms with Gasteiger partial charge in [-0.3, -0.25) is 4.90 Å². The quantitative estimate of drug-likeness (QED) is 0.703. The molecule has 1 aliphatic rings. The van der Waals surface area contributed by atoms with Crippen molar-refractivity contribution in [1.82, 2.24) is 15.1 Å². The monoisotopic (exact) mass is 245 g/mol. The van der Waals surface area contributed by atoms with E-state index < -0.39 is 0 Å². The molecule has 0 aromatic heterocycles. The number of thioether (sulfide) groups is 1. The molecule has 0 aromatic rings. The van der Waals surface area contributed by atoms with Gasteiger partial charge in [0.2, 0.25) is 0 Å². The van der Waals surface area contributed by atoms with Crippen molar-refractivity contribution in [2.75, 3.05) is 52.6 Å². The van der Waals surface area contributed by atoms with Crippen molar-refractivity contribution >= 4 is 11.8 Å². The Labute approximate surface area is 105 Å². The lowest BCUT2D eigenvalue weighted by Gasteiger charge is -2.37. The van der Waals surface area contributed by atoms with Crippen LogP contribution >= 0.6 is 11.8 Å². The van der Waals surface area contributed by atoms with E-state index in [0.29, 0.717) is 0 Å². The third-order valence-electron chi connectivity index (χ3n) is 3.33. The molecule has 0 saturated carbocycles. The molecule has 1 rings (SSSR count). The Morgan fingerprint density at radius 1 is 1.31 bits per heavy atom. The predicted octanol–water partition coefficient (Wildman–Crippen LogP) is 0.963. The average molecular weight is 245 g/mol. The predicted molar refractivity (Wildman–Crippen MR) is 74.4 cm³/mol. The van der Waals surface area contributed by atoms with E-state index >= 15 is 0 Å². The molecule has 0 radical (unpaired) electrons. The van der Waals surface area contributed by atoms with Crippen molar-refractivity contribution < 1.29 is 0 Å². The van der Waals surface area contributed by atoms with Crippen molar-refractivity contribution in [2.45, 2.75) is 25.1 Å². The zero-order chi connectivity index (χ0) is 12.0. The van der Waals surface area contributed by atoms with Crippen molar-refractivity contribution in [2.24, 2.45) is 0 Å². The average Bonchev–Trinajstić information content (AvgIpc) is 2.23. The highest BCUT2D eigenvalue weighted by Gasteiger charge is 2.24. The smallest absolute Gasteiger partial charge is 0.0184 e. The number of nitrogens with zero attached hydrogens (tertiary/aromatic N) is 2. The second-order valence-electron chi connectivity index (χ2n) is 4.91. The molecule has 0 bridgehead atoms. The largest absolute Gasteiger partial charge is 0.314 e. The molecular formula is C12H27N3S. The van der Waals surface area contributed by atoms with Crippen LogP contribution < -0.4 is 5.32 Å². The van der Waals surface area contributed by atoms with E-state index in [0.717, 1.165) is 30.9 Å². The Balaban J connectivity index is 2.07. The fourth-order valence-corrected chi connectivity index (χ4v) is 3.12. The highest BCUT2D eigenvalue weighted by atomic mass is 32.2. The van der Waals surface area contributed by atoms with Crippen LogP contribution in [0.25, 0.3) is 0 Å². The topological polar surface area (TPSA) is 18.5 Å². The Morgan fingerprint density at radius 3 is 2.75 bits per heavy atom. The molecule has 1 heterocycles. The van der Waals surface area contributed by atoms with Crippen LogP contribution in [0.1, 0.15) is 13.8 Å². The number of hydrogen-bond acceptors (Lipinski definition) is 4. The lowest BCUT2D eigenvalue weighted by atomic mass is 10.2. The fraction of sp³-hybridized carbons (Fsp3) is 1.00. The minimum Gasteiger partial charge on any atom is -0.314 e. The molecule has 1 saturated heterocycles. The van der Waals surface area contributed by atoms with Gasteiger partial charge in [-0.05, 0) is 21.0 Å². The van der Waals surface area contributed by atoms with Gasteiger partial charge in [0.25, 0.3) is 0 Å². The fourth-order valence-electron chi connectivity index (χ4n) is 1.96. The third kappa shape index (κ3) is 5.04. The zero-order valence-electron chi connectivity index (χ0n) is 11.2. The van der Waals surface area contributed by atoms with E-state index in [-0.39, 0.29) is 0 Å². The second-order valence-corrected chi connectivity index (χ2v) is 6.39. The van der Waals surface area contributed by atoms with Gasteiger partial charge >= 0.3 is 0 Å². The first-order valence-corrected chi connectivity index (χ1v) is 7.37. The van der Waals surface area contributed by atoms with Gasteiger partial charge in [0.15, 0.2) is 0 Å². The minimum absolute atomic E-state index is 0.731. The van der Waals surface area contributed by atoms with E-state index in [4.69, 9.17) is 0 Å². The van der Waals surface area contributed by atoms with Crippen molar-refractivity contribution in [3.05, 3.63) is 0 Å². The third-order valence-corrected chi connectivity index (χ3v) is 4.66. The van der Waals surface area contributed by atoms with Crippen LogP contribution in [-0.4, -0.2) is 73.7 Å². The second kappa shape index (κ2) is 7.54. The Hall–Kier alpha value is 0.230. The summed E-state index contributed by atoms with van der Waals surface area (Å²) in [6.07, 6.45) is 0. The molecule has 96 valence electrons. The van der Waals surface area contributed by atoms with Crippen molar-refractivity contribution in [3.63, 3.8) is 0 Å². The van der Waals surface area contributed by atoms with E-state index in [1.165, 1.54) is 18.8 Å². The Morgan fingerprint density at radius 2 is 2.06 bits per heavy atom. The SMILES string of the molecule is CC1SCCN(CCNCCN(C)C)C1C. The van der Waals surface area contributed by atoms with Gasteiger partial charge in [-0.2, -0.15) is 11.8 Å². The van der Waals surface area contributed by atoms with E-state index in [9.17, 15) is 0 Å². The maximum atomic E-state index is 3.51. The molecule has 3 nitrogen and oxygen atoms in total. The first kappa shape index (κ1) is 14.3. The summed E-state index contributed by atoms with van der Waals surface area (Å²) in [6.45, 7) is 10.5. The van der Waals surface area contributed by atoms with Gasteiger partial charge in [-0.25, -0.2) is 0 Å². The lowest BCUT2D eigenvalue weighted by molar-refractivity contribution is 0.213. The Kier molecular flexibility index (Phi) is 6.73. The minimum atomic E-state index is 0.731. The van der Waals surface area contributed by atoms with Crippen LogP contribution in [-0.2, 0) is 0 Å². The standard InChI is InChI=1S/C12H27N3S/c1-11-12(2)16-10-9-15(11)8-6-13-5-7-14(3)4/h11-13H,5-10H2,1-4H3. The van der Waals surface area contributed by atoms with E-state index in [2.05, 4.69) is 54.8 Å². The molecule has 1 fully saturated rings. The zero-order valence-corrected chi connectivity index (χ0v) is 12.0. The van der Waals surface area contributed by atoms with E-state index in [1.807, 2.05) is 0 Å². The maximum absolute atomic E-state index is 3.51. The van der Waals surface area contributed by atoms with Gasteiger partial charge < -0.3 is 10.2 Å².